The summed E-state index contributed by atoms with van der Waals surface area (Å²) in [6.07, 6.45) is 1.71. The van der Waals surface area contributed by atoms with Gasteiger partial charge in [-0.1, -0.05) is 0 Å². The molecule has 1 aliphatic rings. The first-order valence-electron chi connectivity index (χ1n) is 6.73. The third kappa shape index (κ3) is 3.54. The molecule has 1 N–H and O–H groups in total. The number of carbonyl (C=O) groups is 1. The van der Waals surface area contributed by atoms with Crippen LogP contribution in [0.1, 0.15) is 12.6 Å². The Morgan fingerprint density at radius 2 is 2.16 bits per heavy atom. The lowest BCUT2D eigenvalue weighted by Crippen LogP contribution is -2.53. The van der Waals surface area contributed by atoms with Crippen molar-refractivity contribution in [3.05, 3.63) is 18.0 Å². The van der Waals surface area contributed by atoms with Crippen LogP contribution in [0.3, 0.4) is 0 Å². The summed E-state index contributed by atoms with van der Waals surface area (Å²) in [6, 6.07) is 1.84. The summed E-state index contributed by atoms with van der Waals surface area (Å²) >= 11 is 0. The fourth-order valence-electron chi connectivity index (χ4n) is 2.39. The molecule has 1 aromatic rings. The lowest BCUT2D eigenvalue weighted by Gasteiger charge is -2.37. The molecule has 1 aliphatic heterocycles. The summed E-state index contributed by atoms with van der Waals surface area (Å²) in [5.41, 5.74) is 0.960. The van der Waals surface area contributed by atoms with Crippen LogP contribution in [-0.2, 0) is 11.3 Å². The number of nitrogens with zero attached hydrogens (tertiary/aromatic N) is 4. The highest BCUT2D eigenvalue weighted by molar-refractivity contribution is 5.81. The Balaban J connectivity index is 1.87. The molecule has 2 rings (SSSR count). The highest BCUT2D eigenvalue weighted by Crippen LogP contribution is 2.09. The summed E-state index contributed by atoms with van der Waals surface area (Å²) in [5.74, 6) is 0.166. The average Bonchev–Trinajstić information content (AvgIpc) is 2.90. The van der Waals surface area contributed by atoms with Gasteiger partial charge in [-0.15, -0.1) is 0 Å². The predicted octanol–water partition coefficient (Wildman–Crippen LogP) is 0.00400. The molecule has 1 fully saturated rings. The van der Waals surface area contributed by atoms with Crippen molar-refractivity contribution in [1.82, 2.24) is 24.9 Å². The van der Waals surface area contributed by atoms with Crippen molar-refractivity contribution in [3.63, 3.8) is 0 Å². The maximum absolute atomic E-state index is 12.4. The molecule has 0 aromatic carbocycles. The first-order valence-corrected chi connectivity index (χ1v) is 6.73. The lowest BCUT2D eigenvalue weighted by molar-refractivity contribution is -0.136. The van der Waals surface area contributed by atoms with E-state index in [0.29, 0.717) is 6.54 Å². The molecule has 6 nitrogen and oxygen atoms in total. The summed E-state index contributed by atoms with van der Waals surface area (Å²) in [5, 5.41) is 6.78. The van der Waals surface area contributed by atoms with Crippen molar-refractivity contribution in [3.8, 4) is 0 Å². The second-order valence-corrected chi connectivity index (χ2v) is 5.29. The monoisotopic (exact) mass is 265 g/mol. The van der Waals surface area contributed by atoms with E-state index < -0.39 is 0 Å². The number of hydrogen-bond acceptors (Lipinski definition) is 4. The number of aromatic nitrogens is 2. The van der Waals surface area contributed by atoms with Gasteiger partial charge in [-0.05, 0) is 20.0 Å². The number of H-pyrrole nitrogens is 1. The maximum atomic E-state index is 12.4. The smallest absolute Gasteiger partial charge is 0.239 e. The normalized spacial score (nSPS) is 19.3. The number of amides is 1. The molecule has 0 bridgehead atoms. The Labute approximate surface area is 114 Å². The van der Waals surface area contributed by atoms with Crippen LogP contribution in [0.2, 0.25) is 0 Å². The van der Waals surface area contributed by atoms with Crippen LogP contribution in [0, 0.1) is 0 Å². The zero-order valence-corrected chi connectivity index (χ0v) is 12.0. The molecule has 1 aromatic heterocycles. The molecule has 106 valence electrons. The molecule has 1 atom stereocenters. The molecule has 0 radical (unpaired) electrons. The molecule has 19 heavy (non-hydrogen) atoms. The van der Waals surface area contributed by atoms with E-state index >= 15 is 0 Å². The molecule has 0 unspecified atom stereocenters. The van der Waals surface area contributed by atoms with E-state index in [1.165, 1.54) is 0 Å². The van der Waals surface area contributed by atoms with Gasteiger partial charge in [0.05, 0.1) is 18.3 Å². The van der Waals surface area contributed by atoms with E-state index in [0.717, 1.165) is 31.9 Å². The highest BCUT2D eigenvalue weighted by atomic mass is 16.2. The Kier molecular flexibility index (Phi) is 4.55. The van der Waals surface area contributed by atoms with Gasteiger partial charge in [0.15, 0.2) is 0 Å². The van der Waals surface area contributed by atoms with Crippen molar-refractivity contribution < 1.29 is 4.79 Å². The quantitative estimate of drug-likeness (QED) is 0.833. The van der Waals surface area contributed by atoms with Gasteiger partial charge in [0.25, 0.3) is 0 Å². The minimum Gasteiger partial charge on any atom is -0.339 e. The number of hydrogen-bond donors (Lipinski definition) is 1. The van der Waals surface area contributed by atoms with E-state index in [4.69, 9.17) is 0 Å². The average molecular weight is 265 g/mol. The number of piperazine rings is 1. The van der Waals surface area contributed by atoms with Crippen LogP contribution in [0.25, 0.3) is 0 Å². The molecule has 1 saturated heterocycles. The van der Waals surface area contributed by atoms with Crippen LogP contribution in [0.4, 0.5) is 0 Å². The summed E-state index contributed by atoms with van der Waals surface area (Å²) in [6.45, 7) is 6.56. The molecule has 0 spiro atoms. The van der Waals surface area contributed by atoms with Gasteiger partial charge < -0.3 is 9.80 Å². The standard InChI is InChI=1S/C13H23N5O/c1-11(18-8-6-16(2)7-9-18)13(19)17(3)10-12-4-5-14-15-12/h4-5,11H,6-10H2,1-3H3,(H,14,15)/t11-/m0/s1. The van der Waals surface area contributed by atoms with Crippen molar-refractivity contribution in [1.29, 1.82) is 0 Å². The van der Waals surface area contributed by atoms with Gasteiger partial charge in [0, 0.05) is 39.4 Å². The molecule has 0 saturated carbocycles. The summed E-state index contributed by atoms with van der Waals surface area (Å²) < 4.78 is 0. The predicted molar refractivity (Wildman–Crippen MR) is 73.6 cm³/mol. The van der Waals surface area contributed by atoms with E-state index in [9.17, 15) is 4.79 Å². The van der Waals surface area contributed by atoms with Crippen molar-refractivity contribution in [2.24, 2.45) is 0 Å². The minimum atomic E-state index is -0.0541. The van der Waals surface area contributed by atoms with Gasteiger partial charge in [-0.25, -0.2) is 0 Å². The fraction of sp³-hybridized carbons (Fsp3) is 0.692. The second-order valence-electron chi connectivity index (χ2n) is 5.29. The lowest BCUT2D eigenvalue weighted by atomic mass is 10.2. The molecule has 6 heteroatoms. The molecule has 0 aliphatic carbocycles. The van der Waals surface area contributed by atoms with Crippen LogP contribution in [0.5, 0.6) is 0 Å². The topological polar surface area (TPSA) is 55.5 Å². The number of nitrogens with one attached hydrogen (secondary N) is 1. The van der Waals surface area contributed by atoms with Gasteiger partial charge in [0.1, 0.15) is 0 Å². The molecular formula is C13H23N5O. The van der Waals surface area contributed by atoms with Gasteiger partial charge in [-0.2, -0.15) is 5.10 Å². The highest BCUT2D eigenvalue weighted by Gasteiger charge is 2.26. The first kappa shape index (κ1) is 14.0. The Bertz CT molecular complexity index is 397. The fourth-order valence-corrected chi connectivity index (χ4v) is 2.39. The van der Waals surface area contributed by atoms with Gasteiger partial charge in [-0.3, -0.25) is 14.8 Å². The Hall–Kier alpha value is -1.40. The minimum absolute atomic E-state index is 0.0541. The SMILES string of the molecule is C[C@@H](C(=O)N(C)Cc1ccn[nH]1)N1CCN(C)CC1. The Morgan fingerprint density at radius 1 is 1.47 bits per heavy atom. The van der Waals surface area contributed by atoms with Crippen molar-refractivity contribution >= 4 is 5.91 Å². The zero-order valence-electron chi connectivity index (χ0n) is 12.0. The molecule has 2 heterocycles. The van der Waals surface area contributed by atoms with E-state index in [-0.39, 0.29) is 11.9 Å². The molecule has 1 amide bonds. The molecular weight excluding hydrogens is 242 g/mol. The summed E-state index contributed by atoms with van der Waals surface area (Å²) in [7, 11) is 3.96. The second kappa shape index (κ2) is 6.16. The number of aromatic amines is 1. The van der Waals surface area contributed by atoms with Crippen molar-refractivity contribution in [2.45, 2.75) is 19.5 Å². The van der Waals surface area contributed by atoms with E-state index in [2.05, 4.69) is 27.0 Å². The number of carbonyl (C=O) groups excluding carboxylic acids is 1. The Morgan fingerprint density at radius 3 is 2.74 bits per heavy atom. The first-order chi connectivity index (χ1) is 9.08. The van der Waals surface area contributed by atoms with E-state index in [1.807, 2.05) is 20.0 Å². The van der Waals surface area contributed by atoms with Gasteiger partial charge >= 0.3 is 0 Å². The largest absolute Gasteiger partial charge is 0.339 e. The van der Waals surface area contributed by atoms with Crippen LogP contribution in [-0.4, -0.2) is 77.1 Å². The van der Waals surface area contributed by atoms with Crippen LogP contribution < -0.4 is 0 Å². The van der Waals surface area contributed by atoms with Gasteiger partial charge in [0.2, 0.25) is 5.91 Å². The third-order valence-electron chi connectivity index (χ3n) is 3.79. The third-order valence-corrected chi connectivity index (χ3v) is 3.79. The van der Waals surface area contributed by atoms with E-state index in [1.54, 1.807) is 11.1 Å². The number of rotatable bonds is 4. The number of likely N-dealkylation sites (N-methyl/N-ethyl adjacent to an activating group) is 2. The van der Waals surface area contributed by atoms with Crippen molar-refractivity contribution in [2.75, 3.05) is 40.3 Å². The van der Waals surface area contributed by atoms with Crippen LogP contribution >= 0.6 is 0 Å². The maximum Gasteiger partial charge on any atom is 0.239 e. The zero-order chi connectivity index (χ0) is 13.8. The van der Waals surface area contributed by atoms with Crippen LogP contribution in [0.15, 0.2) is 12.3 Å². The summed E-state index contributed by atoms with van der Waals surface area (Å²) in [4.78, 5) is 18.7.